The van der Waals surface area contributed by atoms with Gasteiger partial charge in [-0.3, -0.25) is 4.79 Å². The summed E-state index contributed by atoms with van der Waals surface area (Å²) >= 11 is 0. The summed E-state index contributed by atoms with van der Waals surface area (Å²) in [7, 11) is 3.60. The monoisotopic (exact) mass is 261 g/mol. The van der Waals surface area contributed by atoms with E-state index in [1.165, 1.54) is 12.7 Å². The van der Waals surface area contributed by atoms with Crippen molar-refractivity contribution < 1.29 is 9.53 Å². The van der Waals surface area contributed by atoms with Crippen molar-refractivity contribution in [2.75, 3.05) is 27.2 Å². The number of carbonyl (C=O) groups excluding carboxylic acids is 1. The third-order valence-corrected chi connectivity index (χ3v) is 4.71. The van der Waals surface area contributed by atoms with Crippen LogP contribution < -0.4 is 0 Å². The van der Waals surface area contributed by atoms with Crippen LogP contribution in [0.25, 0.3) is 0 Å². The minimum absolute atomic E-state index is 0.0939. The third-order valence-electron chi connectivity index (χ3n) is 4.71. The topological polar surface area (TPSA) is 29.5 Å². The van der Waals surface area contributed by atoms with Gasteiger partial charge in [0.25, 0.3) is 0 Å². The van der Waals surface area contributed by atoms with Crippen molar-refractivity contribution in [1.82, 2.24) is 4.90 Å². The van der Waals surface area contributed by atoms with E-state index >= 15 is 0 Å². The SMILES string of the molecule is C=CC1=C(C=C)C2(CCN(C)CC2)CC1C(=O)OC. The largest absolute Gasteiger partial charge is 0.469 e. The Bertz CT molecular complexity index is 428. The van der Waals surface area contributed by atoms with Crippen molar-refractivity contribution in [3.63, 3.8) is 0 Å². The molecule has 0 aromatic heterocycles. The number of nitrogens with zero attached hydrogens (tertiary/aromatic N) is 1. The second-order valence-electron chi connectivity index (χ2n) is 5.64. The maximum absolute atomic E-state index is 12.0. The van der Waals surface area contributed by atoms with Crippen LogP contribution in [0.4, 0.5) is 0 Å². The van der Waals surface area contributed by atoms with Crippen molar-refractivity contribution in [3.05, 3.63) is 36.5 Å². The number of methoxy groups -OCH3 is 1. The van der Waals surface area contributed by atoms with Crippen molar-refractivity contribution in [1.29, 1.82) is 0 Å². The molecule has 2 aliphatic rings. The van der Waals surface area contributed by atoms with Crippen LogP contribution in [0, 0.1) is 11.3 Å². The van der Waals surface area contributed by atoms with Crippen molar-refractivity contribution in [3.8, 4) is 0 Å². The van der Waals surface area contributed by atoms with E-state index in [0.717, 1.165) is 37.9 Å². The van der Waals surface area contributed by atoms with E-state index in [9.17, 15) is 4.79 Å². The fourth-order valence-corrected chi connectivity index (χ4v) is 3.56. The Morgan fingerprint density at radius 1 is 1.37 bits per heavy atom. The molecule has 0 radical (unpaired) electrons. The summed E-state index contributed by atoms with van der Waals surface area (Å²) in [5.74, 6) is -0.316. The predicted octanol–water partition coefficient (Wildman–Crippen LogP) is 2.56. The molecule has 1 aliphatic carbocycles. The zero-order valence-electron chi connectivity index (χ0n) is 11.9. The first-order valence-corrected chi connectivity index (χ1v) is 6.84. The Kier molecular flexibility index (Phi) is 3.95. The number of rotatable bonds is 3. The van der Waals surface area contributed by atoms with Gasteiger partial charge in [0, 0.05) is 0 Å². The molecule has 1 saturated heterocycles. The summed E-state index contributed by atoms with van der Waals surface area (Å²) in [5, 5.41) is 0. The molecule has 0 bridgehead atoms. The van der Waals surface area contributed by atoms with E-state index < -0.39 is 0 Å². The first-order chi connectivity index (χ1) is 9.07. The maximum Gasteiger partial charge on any atom is 0.313 e. The number of esters is 1. The molecule has 1 unspecified atom stereocenters. The molecule has 3 nitrogen and oxygen atoms in total. The molecular weight excluding hydrogens is 238 g/mol. The average Bonchev–Trinajstić information content (AvgIpc) is 2.75. The van der Waals surface area contributed by atoms with Gasteiger partial charge in [0.2, 0.25) is 0 Å². The quantitative estimate of drug-likeness (QED) is 0.731. The second kappa shape index (κ2) is 5.33. The van der Waals surface area contributed by atoms with Gasteiger partial charge < -0.3 is 9.64 Å². The molecule has 0 amide bonds. The van der Waals surface area contributed by atoms with E-state index in [4.69, 9.17) is 4.74 Å². The number of hydrogen-bond donors (Lipinski definition) is 0. The van der Waals surface area contributed by atoms with Crippen LogP contribution in [0.3, 0.4) is 0 Å². The minimum Gasteiger partial charge on any atom is -0.469 e. The van der Waals surface area contributed by atoms with Crippen LogP contribution in [0.5, 0.6) is 0 Å². The molecule has 0 aromatic carbocycles. The molecule has 19 heavy (non-hydrogen) atoms. The Morgan fingerprint density at radius 3 is 2.47 bits per heavy atom. The first kappa shape index (κ1) is 14.1. The van der Waals surface area contributed by atoms with Gasteiger partial charge >= 0.3 is 5.97 Å². The predicted molar refractivity (Wildman–Crippen MR) is 76.7 cm³/mol. The van der Waals surface area contributed by atoms with Gasteiger partial charge in [0.1, 0.15) is 0 Å². The molecular formula is C16H23NO2. The van der Waals surface area contributed by atoms with Gasteiger partial charge in [0.15, 0.2) is 0 Å². The van der Waals surface area contributed by atoms with Gasteiger partial charge in [-0.05, 0) is 56.0 Å². The number of allylic oxidation sites excluding steroid dienone is 3. The molecule has 1 aliphatic heterocycles. The molecule has 1 fully saturated rings. The first-order valence-electron chi connectivity index (χ1n) is 6.84. The highest BCUT2D eigenvalue weighted by molar-refractivity contribution is 5.79. The zero-order chi connectivity index (χ0) is 14.0. The highest BCUT2D eigenvalue weighted by Crippen LogP contribution is 2.53. The number of likely N-dealkylation sites (tertiary alicyclic amines) is 1. The standard InChI is InChI=1S/C16H23NO2/c1-5-12-13(15(18)19-4)11-16(14(12)6-2)7-9-17(3)10-8-16/h5-6,13H,1-2,7-11H2,3-4H3. The van der Waals surface area contributed by atoms with Gasteiger partial charge in [-0.2, -0.15) is 0 Å². The molecule has 0 saturated carbocycles. The third kappa shape index (κ3) is 2.27. The summed E-state index contributed by atoms with van der Waals surface area (Å²) in [5.41, 5.74) is 2.33. The van der Waals surface area contributed by atoms with E-state index in [2.05, 4.69) is 25.1 Å². The molecule has 0 N–H and O–H groups in total. The lowest BCUT2D eigenvalue weighted by Crippen LogP contribution is -2.38. The molecule has 1 spiro atoms. The van der Waals surface area contributed by atoms with Gasteiger partial charge in [-0.15, -0.1) is 0 Å². The van der Waals surface area contributed by atoms with Crippen LogP contribution in [-0.4, -0.2) is 38.1 Å². The molecule has 2 rings (SSSR count). The lowest BCUT2D eigenvalue weighted by molar-refractivity contribution is -0.144. The van der Waals surface area contributed by atoms with E-state index in [1.54, 1.807) is 0 Å². The van der Waals surface area contributed by atoms with Crippen LogP contribution in [0.15, 0.2) is 36.5 Å². The molecule has 3 heteroatoms. The van der Waals surface area contributed by atoms with E-state index in [-0.39, 0.29) is 17.3 Å². The highest BCUT2D eigenvalue weighted by Gasteiger charge is 2.47. The number of piperidine rings is 1. The summed E-state index contributed by atoms with van der Waals surface area (Å²) in [6.07, 6.45) is 6.73. The lowest BCUT2D eigenvalue weighted by Gasteiger charge is -2.39. The van der Waals surface area contributed by atoms with Crippen molar-refractivity contribution >= 4 is 5.97 Å². The lowest BCUT2D eigenvalue weighted by atomic mass is 9.72. The maximum atomic E-state index is 12.0. The fraction of sp³-hybridized carbons (Fsp3) is 0.562. The molecule has 1 heterocycles. The zero-order valence-corrected chi connectivity index (χ0v) is 11.9. The van der Waals surface area contributed by atoms with Gasteiger partial charge in [-0.1, -0.05) is 25.3 Å². The average molecular weight is 261 g/mol. The van der Waals surface area contributed by atoms with Gasteiger partial charge in [0.05, 0.1) is 13.0 Å². The summed E-state index contributed by atoms with van der Waals surface area (Å²) in [6, 6.07) is 0. The Labute approximate surface area is 115 Å². The summed E-state index contributed by atoms with van der Waals surface area (Å²) in [6.45, 7) is 9.96. The molecule has 0 aromatic rings. The van der Waals surface area contributed by atoms with Crippen LogP contribution >= 0.6 is 0 Å². The molecule has 1 atom stereocenters. The Morgan fingerprint density at radius 2 is 2.00 bits per heavy atom. The van der Waals surface area contributed by atoms with Crippen LogP contribution in [-0.2, 0) is 9.53 Å². The van der Waals surface area contributed by atoms with Gasteiger partial charge in [-0.25, -0.2) is 0 Å². The van der Waals surface area contributed by atoms with E-state index in [0.29, 0.717) is 0 Å². The minimum atomic E-state index is -0.168. The summed E-state index contributed by atoms with van der Waals surface area (Å²) < 4.78 is 4.95. The number of carbonyl (C=O) groups is 1. The van der Waals surface area contributed by atoms with Crippen molar-refractivity contribution in [2.45, 2.75) is 19.3 Å². The number of ether oxygens (including phenoxy) is 1. The molecule has 104 valence electrons. The van der Waals surface area contributed by atoms with Crippen LogP contribution in [0.1, 0.15) is 19.3 Å². The highest BCUT2D eigenvalue weighted by atomic mass is 16.5. The van der Waals surface area contributed by atoms with E-state index in [1.807, 2.05) is 12.2 Å². The van der Waals surface area contributed by atoms with Crippen LogP contribution in [0.2, 0.25) is 0 Å². The number of hydrogen-bond acceptors (Lipinski definition) is 3. The second-order valence-corrected chi connectivity index (χ2v) is 5.64. The Balaban J connectivity index is 2.37. The summed E-state index contributed by atoms with van der Waals surface area (Å²) in [4.78, 5) is 14.3. The smallest absolute Gasteiger partial charge is 0.313 e. The fourth-order valence-electron chi connectivity index (χ4n) is 3.56. The Hall–Kier alpha value is -1.35. The van der Waals surface area contributed by atoms with Crippen molar-refractivity contribution in [2.24, 2.45) is 11.3 Å². The normalized spacial score (nSPS) is 26.5.